The second-order valence-corrected chi connectivity index (χ2v) is 8.63. The second-order valence-electron chi connectivity index (χ2n) is 7.79. The molecule has 0 unspecified atom stereocenters. The molecule has 0 amide bonds. The van der Waals surface area contributed by atoms with Gasteiger partial charge < -0.3 is 4.74 Å². The molecule has 0 aliphatic carbocycles. The van der Waals surface area contributed by atoms with Crippen molar-refractivity contribution in [3.8, 4) is 22.4 Å². The molecular weight excluding hydrogens is 414 g/mol. The van der Waals surface area contributed by atoms with Crippen LogP contribution in [0.2, 0.25) is 0 Å². The van der Waals surface area contributed by atoms with E-state index in [4.69, 9.17) is 14.8 Å². The highest BCUT2D eigenvalue weighted by molar-refractivity contribution is 7.07. The zero-order chi connectivity index (χ0) is 21.6. The molecule has 4 aromatic rings. The van der Waals surface area contributed by atoms with Crippen molar-refractivity contribution in [1.82, 2.24) is 4.68 Å². The maximum atomic E-state index is 5.75. The molecule has 2 heterocycles. The Kier molecular flexibility index (Phi) is 6.37. The van der Waals surface area contributed by atoms with Crippen LogP contribution in [0.4, 0.5) is 0 Å². The van der Waals surface area contributed by atoms with Crippen molar-refractivity contribution in [2.75, 3.05) is 13.2 Å². The fourth-order valence-corrected chi connectivity index (χ4v) is 4.66. The van der Waals surface area contributed by atoms with Crippen LogP contribution in [0.3, 0.4) is 0 Å². The van der Waals surface area contributed by atoms with E-state index in [0.717, 1.165) is 41.1 Å². The molecule has 0 saturated carbocycles. The fourth-order valence-electron chi connectivity index (χ4n) is 3.81. The molecule has 5 heteroatoms. The van der Waals surface area contributed by atoms with E-state index in [1.165, 1.54) is 11.1 Å². The van der Waals surface area contributed by atoms with Crippen LogP contribution in [-0.4, -0.2) is 30.1 Å². The predicted octanol–water partition coefficient (Wildman–Crippen LogP) is 5.85. The maximum absolute atomic E-state index is 5.75. The number of ether oxygens (including phenoxy) is 1. The number of hydrogen-bond acceptors (Lipinski definition) is 4. The van der Waals surface area contributed by atoms with Crippen LogP contribution in [0.25, 0.3) is 22.4 Å². The Morgan fingerprint density at radius 2 is 1.56 bits per heavy atom. The van der Waals surface area contributed by atoms with Gasteiger partial charge in [0.05, 0.1) is 24.6 Å². The third-order valence-electron chi connectivity index (χ3n) is 5.55. The van der Waals surface area contributed by atoms with Crippen molar-refractivity contribution in [1.29, 1.82) is 0 Å². The molecule has 32 heavy (non-hydrogen) atoms. The number of nitrogens with zero attached hydrogens (tertiary/aromatic N) is 3. The van der Waals surface area contributed by atoms with Gasteiger partial charge in [-0.1, -0.05) is 84.9 Å². The zero-order valence-corrected chi connectivity index (χ0v) is 18.6. The van der Waals surface area contributed by atoms with Crippen LogP contribution >= 0.6 is 11.3 Å². The number of aromatic nitrogens is 1. The molecule has 1 atom stereocenters. The Bertz CT molecular complexity index is 1240. The smallest absolute Gasteiger partial charge is 0.206 e. The highest BCUT2D eigenvalue weighted by atomic mass is 32.1. The highest BCUT2D eigenvalue weighted by Crippen LogP contribution is 2.21. The van der Waals surface area contributed by atoms with E-state index in [9.17, 15) is 0 Å². The van der Waals surface area contributed by atoms with E-state index in [2.05, 4.69) is 66.0 Å². The molecule has 0 bridgehead atoms. The molecule has 160 valence electrons. The van der Waals surface area contributed by atoms with E-state index in [-0.39, 0.29) is 6.10 Å². The van der Waals surface area contributed by atoms with Gasteiger partial charge in [-0.25, -0.2) is 4.68 Å². The largest absolute Gasteiger partial charge is 0.376 e. The molecule has 0 spiro atoms. The van der Waals surface area contributed by atoms with Gasteiger partial charge in [-0.3, -0.25) is 4.99 Å². The SMILES string of the molecule is C(=N/n1c(-c2ccccc2)csc1=NC[C@@H]1CCCO1)/c1ccc(-c2ccccc2)cc1. The van der Waals surface area contributed by atoms with Crippen molar-refractivity contribution in [3.05, 3.63) is 101 Å². The van der Waals surface area contributed by atoms with Crippen molar-refractivity contribution in [2.24, 2.45) is 10.1 Å². The van der Waals surface area contributed by atoms with Crippen LogP contribution in [-0.2, 0) is 4.74 Å². The van der Waals surface area contributed by atoms with Crippen molar-refractivity contribution in [3.63, 3.8) is 0 Å². The molecule has 0 N–H and O–H groups in total. The number of rotatable bonds is 6. The lowest BCUT2D eigenvalue weighted by atomic mass is 10.0. The number of benzene rings is 3. The summed E-state index contributed by atoms with van der Waals surface area (Å²) in [6.07, 6.45) is 4.33. The molecular formula is C27H25N3OS. The first-order valence-corrected chi connectivity index (χ1v) is 11.8. The first-order valence-electron chi connectivity index (χ1n) is 10.9. The van der Waals surface area contributed by atoms with E-state index in [0.29, 0.717) is 6.54 Å². The van der Waals surface area contributed by atoms with Gasteiger partial charge in [0.15, 0.2) is 0 Å². The topological polar surface area (TPSA) is 38.9 Å². The van der Waals surface area contributed by atoms with Crippen molar-refractivity contribution in [2.45, 2.75) is 18.9 Å². The lowest BCUT2D eigenvalue weighted by Gasteiger charge is -2.06. The minimum Gasteiger partial charge on any atom is -0.376 e. The average molecular weight is 440 g/mol. The standard InChI is InChI=1S/C27H25N3OS/c1-3-8-22(9-4-1)23-15-13-21(14-16-23)18-29-30-26(24-10-5-2-6-11-24)20-32-27(30)28-19-25-12-7-17-31-25/h1-6,8-11,13-16,18,20,25H,7,12,17,19H2/b28-27?,29-18-/t25-/m0/s1. The van der Waals surface area contributed by atoms with Crippen molar-refractivity contribution < 1.29 is 4.74 Å². The molecule has 1 fully saturated rings. The summed E-state index contributed by atoms with van der Waals surface area (Å²) in [5.74, 6) is 0. The van der Waals surface area contributed by atoms with Crippen molar-refractivity contribution >= 4 is 17.6 Å². The normalized spacial score (nSPS) is 16.8. The third kappa shape index (κ3) is 4.79. The Morgan fingerprint density at radius 1 is 0.875 bits per heavy atom. The quantitative estimate of drug-likeness (QED) is 0.348. The van der Waals surface area contributed by atoms with Crippen LogP contribution in [0.5, 0.6) is 0 Å². The minimum absolute atomic E-state index is 0.222. The lowest BCUT2D eigenvalue weighted by Crippen LogP contribution is -2.17. The molecule has 1 aromatic heterocycles. The van der Waals surface area contributed by atoms with Crippen LogP contribution in [0, 0.1) is 0 Å². The van der Waals surface area contributed by atoms with Gasteiger partial charge in [0.2, 0.25) is 4.80 Å². The van der Waals surface area contributed by atoms with Crippen LogP contribution < -0.4 is 4.80 Å². The first kappa shape index (κ1) is 20.6. The van der Waals surface area contributed by atoms with Gasteiger partial charge in [0.1, 0.15) is 0 Å². The predicted molar refractivity (Wildman–Crippen MR) is 132 cm³/mol. The second kappa shape index (κ2) is 9.90. The van der Waals surface area contributed by atoms with E-state index >= 15 is 0 Å². The number of thiazole rings is 1. The summed E-state index contributed by atoms with van der Waals surface area (Å²) in [6.45, 7) is 1.52. The lowest BCUT2D eigenvalue weighted by molar-refractivity contribution is 0.117. The van der Waals surface area contributed by atoms with Gasteiger partial charge in [-0.15, -0.1) is 11.3 Å². The Hall–Kier alpha value is -3.28. The first-order chi connectivity index (χ1) is 15.9. The van der Waals surface area contributed by atoms with Gasteiger partial charge in [0, 0.05) is 17.6 Å². The summed E-state index contributed by atoms with van der Waals surface area (Å²) in [7, 11) is 0. The summed E-state index contributed by atoms with van der Waals surface area (Å²) in [4.78, 5) is 5.73. The van der Waals surface area contributed by atoms with Gasteiger partial charge in [-0.2, -0.15) is 5.10 Å². The number of hydrogen-bond donors (Lipinski definition) is 0. The molecule has 1 aliphatic heterocycles. The summed E-state index contributed by atoms with van der Waals surface area (Å²) < 4.78 is 7.69. The van der Waals surface area contributed by atoms with E-state index in [1.807, 2.05) is 35.2 Å². The molecule has 0 radical (unpaired) electrons. The van der Waals surface area contributed by atoms with E-state index in [1.54, 1.807) is 11.3 Å². The molecule has 5 rings (SSSR count). The van der Waals surface area contributed by atoms with Crippen LogP contribution in [0.15, 0.2) is 100 Å². The zero-order valence-electron chi connectivity index (χ0n) is 17.8. The summed E-state index contributed by atoms with van der Waals surface area (Å²) in [5.41, 5.74) is 5.62. The summed E-state index contributed by atoms with van der Waals surface area (Å²) >= 11 is 1.62. The maximum Gasteiger partial charge on any atom is 0.206 e. The molecule has 1 aliphatic rings. The molecule has 3 aromatic carbocycles. The third-order valence-corrected chi connectivity index (χ3v) is 6.40. The van der Waals surface area contributed by atoms with Gasteiger partial charge >= 0.3 is 0 Å². The van der Waals surface area contributed by atoms with E-state index < -0.39 is 0 Å². The van der Waals surface area contributed by atoms with Gasteiger partial charge in [0.25, 0.3) is 0 Å². The highest BCUT2D eigenvalue weighted by Gasteiger charge is 2.15. The molecule has 4 nitrogen and oxygen atoms in total. The fraction of sp³-hybridized carbons (Fsp3) is 0.185. The average Bonchev–Trinajstić information content (AvgIpc) is 3.53. The van der Waals surface area contributed by atoms with Gasteiger partial charge in [-0.05, 0) is 29.5 Å². The summed E-state index contributed by atoms with van der Waals surface area (Å²) in [6, 6.07) is 29.2. The monoisotopic (exact) mass is 439 g/mol. The Labute approximate surface area is 192 Å². The summed E-state index contributed by atoms with van der Waals surface area (Å²) in [5, 5.41) is 6.95. The minimum atomic E-state index is 0.222. The Morgan fingerprint density at radius 3 is 2.25 bits per heavy atom. The Balaban J connectivity index is 1.45. The van der Waals surface area contributed by atoms with Crippen LogP contribution in [0.1, 0.15) is 18.4 Å². The molecule has 1 saturated heterocycles.